The average molecular weight is 288 g/mol. The number of hydrogen-bond donors (Lipinski definition) is 0. The van der Waals surface area contributed by atoms with E-state index in [4.69, 9.17) is 11.6 Å². The van der Waals surface area contributed by atoms with Crippen LogP contribution in [0.2, 0.25) is 5.15 Å². The molecule has 0 bridgehead atoms. The molecule has 0 N–H and O–H groups in total. The zero-order chi connectivity index (χ0) is 13.1. The number of hydrogen-bond acceptors (Lipinski definition) is 5. The summed E-state index contributed by atoms with van der Waals surface area (Å²) >= 11 is 7.25. The Bertz CT molecular complexity index is 415. The lowest BCUT2D eigenvalue weighted by Crippen LogP contribution is -2.35. The maximum absolute atomic E-state index is 10.8. The number of nitrogens with zero attached hydrogens (tertiary/aromatic N) is 3. The molecular weight excluding hydrogens is 270 g/mol. The molecule has 0 saturated carbocycles. The number of rotatable bonds is 4. The minimum atomic E-state index is 0.320. The van der Waals surface area contributed by atoms with Crippen LogP contribution in [0.1, 0.15) is 22.5 Å². The van der Waals surface area contributed by atoms with Gasteiger partial charge in [-0.15, -0.1) is 0 Å². The fraction of sp³-hybridized carbons (Fsp3) is 0.667. The van der Waals surface area contributed by atoms with Gasteiger partial charge in [0.15, 0.2) is 16.6 Å². The van der Waals surface area contributed by atoms with Gasteiger partial charge in [-0.05, 0) is 38.9 Å². The Morgan fingerprint density at radius 3 is 2.78 bits per heavy atom. The van der Waals surface area contributed by atoms with E-state index in [1.807, 2.05) is 7.05 Å². The van der Waals surface area contributed by atoms with Gasteiger partial charge in [0.2, 0.25) is 0 Å². The highest BCUT2D eigenvalue weighted by Gasteiger charge is 2.20. The summed E-state index contributed by atoms with van der Waals surface area (Å²) in [6, 6.07) is 0. The third kappa shape index (κ3) is 3.22. The zero-order valence-electron chi connectivity index (χ0n) is 10.7. The zero-order valence-corrected chi connectivity index (χ0v) is 12.3. The summed E-state index contributed by atoms with van der Waals surface area (Å²) in [7, 11) is 4.18. The first-order chi connectivity index (χ1) is 8.60. The van der Waals surface area contributed by atoms with Crippen LogP contribution in [-0.2, 0) is 0 Å². The minimum absolute atomic E-state index is 0.320. The van der Waals surface area contributed by atoms with Crippen molar-refractivity contribution in [3.63, 3.8) is 0 Å². The Morgan fingerprint density at radius 2 is 2.22 bits per heavy atom. The van der Waals surface area contributed by atoms with Crippen molar-refractivity contribution in [3.8, 4) is 0 Å². The van der Waals surface area contributed by atoms with Crippen LogP contribution >= 0.6 is 22.9 Å². The minimum Gasteiger partial charge on any atom is -0.351 e. The Labute approximate surface area is 117 Å². The van der Waals surface area contributed by atoms with E-state index in [1.54, 1.807) is 0 Å². The maximum Gasteiger partial charge on any atom is 0.187 e. The topological polar surface area (TPSA) is 36.4 Å². The SMILES string of the molecule is CN1CCC(CN(C)c2nc(Cl)c(C=O)s2)CC1. The highest BCUT2D eigenvalue weighted by molar-refractivity contribution is 7.17. The van der Waals surface area contributed by atoms with Gasteiger partial charge in [0, 0.05) is 13.6 Å². The van der Waals surface area contributed by atoms with E-state index < -0.39 is 0 Å². The van der Waals surface area contributed by atoms with Crippen LogP contribution < -0.4 is 4.90 Å². The molecule has 4 nitrogen and oxygen atoms in total. The van der Waals surface area contributed by atoms with Crippen molar-refractivity contribution in [2.75, 3.05) is 38.6 Å². The van der Waals surface area contributed by atoms with Crippen molar-refractivity contribution in [1.29, 1.82) is 0 Å². The number of carbonyl (C=O) groups excluding carboxylic acids is 1. The Hall–Kier alpha value is -0.650. The molecule has 0 unspecified atom stereocenters. The fourth-order valence-electron chi connectivity index (χ4n) is 2.25. The van der Waals surface area contributed by atoms with Gasteiger partial charge in [-0.2, -0.15) is 0 Å². The molecule has 0 radical (unpaired) electrons. The molecule has 2 heterocycles. The predicted octanol–water partition coefficient (Wildman–Crippen LogP) is 2.39. The van der Waals surface area contributed by atoms with E-state index in [9.17, 15) is 4.79 Å². The van der Waals surface area contributed by atoms with Crippen LogP contribution in [0.5, 0.6) is 0 Å². The molecule has 0 aromatic carbocycles. The van der Waals surface area contributed by atoms with Gasteiger partial charge in [-0.3, -0.25) is 4.79 Å². The molecular formula is C12H18ClN3OS. The molecule has 0 amide bonds. The smallest absolute Gasteiger partial charge is 0.187 e. The number of thiazole rings is 1. The highest BCUT2D eigenvalue weighted by Crippen LogP contribution is 2.29. The molecule has 1 aliphatic rings. The second-order valence-corrected chi connectivity index (χ2v) is 6.26. The number of carbonyl (C=O) groups is 1. The number of anilines is 1. The van der Waals surface area contributed by atoms with Crippen LogP contribution in [0.3, 0.4) is 0 Å². The lowest BCUT2D eigenvalue weighted by Gasteiger charge is -2.31. The average Bonchev–Trinajstić information content (AvgIpc) is 2.73. The normalized spacial score (nSPS) is 17.9. The highest BCUT2D eigenvalue weighted by atomic mass is 35.5. The number of piperidine rings is 1. The van der Waals surface area contributed by atoms with E-state index in [1.165, 1.54) is 24.2 Å². The Balaban J connectivity index is 1.94. The predicted molar refractivity (Wildman–Crippen MR) is 76.0 cm³/mol. The number of halogens is 1. The molecule has 1 fully saturated rings. The third-order valence-electron chi connectivity index (χ3n) is 3.40. The number of likely N-dealkylation sites (tertiary alicyclic amines) is 1. The van der Waals surface area contributed by atoms with Crippen LogP contribution in [0.15, 0.2) is 0 Å². The molecule has 2 rings (SSSR count). The molecule has 1 aromatic heterocycles. The lowest BCUT2D eigenvalue weighted by molar-refractivity contribution is 0.112. The molecule has 0 spiro atoms. The van der Waals surface area contributed by atoms with Crippen molar-refractivity contribution in [3.05, 3.63) is 10.0 Å². The van der Waals surface area contributed by atoms with Crippen molar-refractivity contribution in [1.82, 2.24) is 9.88 Å². The standard InChI is InChI=1S/C12H18ClN3OS/c1-15-5-3-9(4-6-15)7-16(2)12-14-11(13)10(8-17)18-12/h8-9H,3-7H2,1-2H3. The molecule has 1 saturated heterocycles. The molecule has 0 atom stereocenters. The van der Waals surface area contributed by atoms with E-state index in [2.05, 4.69) is 21.8 Å². The van der Waals surface area contributed by atoms with E-state index in [0.717, 1.165) is 31.1 Å². The fourth-order valence-corrected chi connectivity index (χ4v) is 3.28. The van der Waals surface area contributed by atoms with E-state index in [0.29, 0.717) is 15.9 Å². The third-order valence-corrected chi connectivity index (χ3v) is 4.90. The van der Waals surface area contributed by atoms with Crippen molar-refractivity contribution in [2.45, 2.75) is 12.8 Å². The second kappa shape index (κ2) is 5.99. The Kier molecular flexibility index (Phi) is 4.59. The largest absolute Gasteiger partial charge is 0.351 e. The summed E-state index contributed by atoms with van der Waals surface area (Å²) in [6.45, 7) is 3.31. The summed E-state index contributed by atoms with van der Waals surface area (Å²) in [4.78, 5) is 20.0. The monoisotopic (exact) mass is 287 g/mol. The van der Waals surface area contributed by atoms with Crippen molar-refractivity contribution >= 4 is 34.4 Å². The first-order valence-corrected chi connectivity index (χ1v) is 7.30. The van der Waals surface area contributed by atoms with Gasteiger partial charge in [0.1, 0.15) is 4.88 Å². The van der Waals surface area contributed by atoms with Gasteiger partial charge in [-0.25, -0.2) is 4.98 Å². The van der Waals surface area contributed by atoms with Gasteiger partial charge in [0.25, 0.3) is 0 Å². The summed E-state index contributed by atoms with van der Waals surface area (Å²) < 4.78 is 0. The van der Waals surface area contributed by atoms with Gasteiger partial charge < -0.3 is 9.80 Å². The first-order valence-electron chi connectivity index (χ1n) is 6.11. The molecule has 1 aliphatic heterocycles. The maximum atomic E-state index is 10.8. The Morgan fingerprint density at radius 1 is 1.56 bits per heavy atom. The molecule has 1 aromatic rings. The molecule has 18 heavy (non-hydrogen) atoms. The van der Waals surface area contributed by atoms with Crippen LogP contribution in [0.4, 0.5) is 5.13 Å². The summed E-state index contributed by atoms with van der Waals surface area (Å²) in [5, 5.41) is 1.15. The first kappa shape index (κ1) is 13.8. The molecule has 0 aliphatic carbocycles. The van der Waals surface area contributed by atoms with Crippen LogP contribution in [-0.4, -0.2) is 49.9 Å². The van der Waals surface area contributed by atoms with Gasteiger partial charge in [0.05, 0.1) is 0 Å². The summed E-state index contributed by atoms with van der Waals surface area (Å²) in [5.74, 6) is 0.702. The second-order valence-electron chi connectivity index (χ2n) is 4.90. The molecule has 100 valence electrons. The molecule has 6 heteroatoms. The van der Waals surface area contributed by atoms with E-state index in [-0.39, 0.29) is 0 Å². The van der Waals surface area contributed by atoms with E-state index >= 15 is 0 Å². The summed E-state index contributed by atoms with van der Waals surface area (Å²) in [5.41, 5.74) is 0. The van der Waals surface area contributed by atoms with Gasteiger partial charge >= 0.3 is 0 Å². The van der Waals surface area contributed by atoms with Crippen LogP contribution in [0, 0.1) is 5.92 Å². The van der Waals surface area contributed by atoms with Crippen molar-refractivity contribution in [2.24, 2.45) is 5.92 Å². The summed E-state index contributed by atoms with van der Waals surface area (Å²) in [6.07, 6.45) is 3.22. The number of aldehydes is 1. The van der Waals surface area contributed by atoms with Crippen LogP contribution in [0.25, 0.3) is 0 Å². The van der Waals surface area contributed by atoms with Gasteiger partial charge in [-0.1, -0.05) is 22.9 Å². The van der Waals surface area contributed by atoms with Crippen molar-refractivity contribution < 1.29 is 4.79 Å². The quantitative estimate of drug-likeness (QED) is 0.797. The number of aromatic nitrogens is 1. The lowest BCUT2D eigenvalue weighted by atomic mass is 9.97.